The van der Waals surface area contributed by atoms with E-state index in [1.807, 2.05) is 4.72 Å². The second kappa shape index (κ2) is 5.83. The molecule has 0 saturated carbocycles. The maximum atomic E-state index is 12.8. The van der Waals surface area contributed by atoms with Gasteiger partial charge in [0.2, 0.25) is 0 Å². The van der Waals surface area contributed by atoms with Crippen LogP contribution in [0.25, 0.3) is 0 Å². The van der Waals surface area contributed by atoms with Gasteiger partial charge in [-0.2, -0.15) is 0 Å². The van der Waals surface area contributed by atoms with Crippen LogP contribution in [0.3, 0.4) is 0 Å². The van der Waals surface area contributed by atoms with Crippen molar-refractivity contribution >= 4 is 27.5 Å². The standard InChI is InChI=1S/C14H11ClFNO3S/c1-9-8-10(15)2-7-13(9)14(18)17-21(19,20)12-5-3-11(16)4-6-12/h2-8H,1H3,(H,17,18). The summed E-state index contributed by atoms with van der Waals surface area (Å²) in [6.45, 7) is 1.64. The predicted molar refractivity (Wildman–Crippen MR) is 77.2 cm³/mol. The number of hydrogen-bond acceptors (Lipinski definition) is 3. The van der Waals surface area contributed by atoms with Crippen LogP contribution in [0.1, 0.15) is 15.9 Å². The van der Waals surface area contributed by atoms with Gasteiger partial charge in [-0.15, -0.1) is 0 Å². The van der Waals surface area contributed by atoms with E-state index in [1.54, 1.807) is 13.0 Å². The van der Waals surface area contributed by atoms with Gasteiger partial charge in [-0.05, 0) is 55.0 Å². The molecule has 0 fully saturated rings. The first-order chi connectivity index (χ1) is 9.79. The quantitative estimate of drug-likeness (QED) is 0.942. The van der Waals surface area contributed by atoms with E-state index in [9.17, 15) is 17.6 Å². The maximum absolute atomic E-state index is 12.8. The van der Waals surface area contributed by atoms with Gasteiger partial charge in [0, 0.05) is 10.6 Å². The van der Waals surface area contributed by atoms with Crippen LogP contribution in [-0.2, 0) is 10.0 Å². The molecular weight excluding hydrogens is 317 g/mol. The van der Waals surface area contributed by atoms with Crippen molar-refractivity contribution in [1.82, 2.24) is 4.72 Å². The van der Waals surface area contributed by atoms with Gasteiger partial charge in [-0.25, -0.2) is 17.5 Å². The topological polar surface area (TPSA) is 63.2 Å². The summed E-state index contributed by atoms with van der Waals surface area (Å²) in [6, 6.07) is 8.67. The second-order valence-corrected chi connectivity index (χ2v) is 6.47. The molecule has 1 N–H and O–H groups in total. The number of amides is 1. The number of aryl methyl sites for hydroxylation is 1. The molecule has 110 valence electrons. The van der Waals surface area contributed by atoms with Crippen molar-refractivity contribution in [3.8, 4) is 0 Å². The number of benzene rings is 2. The number of rotatable bonds is 3. The first kappa shape index (κ1) is 15.5. The second-order valence-electron chi connectivity index (χ2n) is 4.35. The molecule has 0 unspecified atom stereocenters. The smallest absolute Gasteiger partial charge is 0.265 e. The van der Waals surface area contributed by atoms with E-state index in [4.69, 9.17) is 11.6 Å². The minimum absolute atomic E-state index is 0.191. The fraction of sp³-hybridized carbons (Fsp3) is 0.0714. The Labute approximate surface area is 126 Å². The highest BCUT2D eigenvalue weighted by molar-refractivity contribution is 7.90. The van der Waals surface area contributed by atoms with E-state index < -0.39 is 21.7 Å². The van der Waals surface area contributed by atoms with Crippen LogP contribution in [-0.4, -0.2) is 14.3 Å². The average Bonchev–Trinajstić information content (AvgIpc) is 2.38. The normalized spacial score (nSPS) is 11.2. The molecule has 4 nitrogen and oxygen atoms in total. The number of hydrogen-bond donors (Lipinski definition) is 1. The fourth-order valence-electron chi connectivity index (χ4n) is 1.73. The average molecular weight is 328 g/mol. The molecule has 0 aliphatic heterocycles. The van der Waals surface area contributed by atoms with Crippen LogP contribution in [0.4, 0.5) is 4.39 Å². The summed E-state index contributed by atoms with van der Waals surface area (Å²) >= 11 is 5.78. The molecule has 21 heavy (non-hydrogen) atoms. The molecule has 0 heterocycles. The van der Waals surface area contributed by atoms with Gasteiger partial charge in [0.05, 0.1) is 4.90 Å². The van der Waals surface area contributed by atoms with E-state index in [1.165, 1.54) is 12.1 Å². The molecule has 0 aliphatic carbocycles. The lowest BCUT2D eigenvalue weighted by atomic mass is 10.1. The van der Waals surface area contributed by atoms with E-state index in [2.05, 4.69) is 0 Å². The van der Waals surface area contributed by atoms with Crippen molar-refractivity contribution in [1.29, 1.82) is 0 Å². The number of carbonyl (C=O) groups is 1. The van der Waals surface area contributed by atoms with E-state index in [0.29, 0.717) is 10.6 Å². The molecule has 2 aromatic carbocycles. The Bertz CT molecular complexity index is 788. The third-order valence-electron chi connectivity index (χ3n) is 2.78. The van der Waals surface area contributed by atoms with Crippen molar-refractivity contribution in [2.45, 2.75) is 11.8 Å². The number of sulfonamides is 1. The van der Waals surface area contributed by atoms with Gasteiger partial charge in [0.15, 0.2) is 0 Å². The van der Waals surface area contributed by atoms with Crippen LogP contribution in [0, 0.1) is 12.7 Å². The van der Waals surface area contributed by atoms with Crippen LogP contribution >= 0.6 is 11.6 Å². The minimum atomic E-state index is -4.05. The SMILES string of the molecule is Cc1cc(Cl)ccc1C(=O)NS(=O)(=O)c1ccc(F)cc1. The van der Waals surface area contributed by atoms with E-state index in [-0.39, 0.29) is 10.5 Å². The molecule has 7 heteroatoms. The van der Waals surface area contributed by atoms with Gasteiger partial charge < -0.3 is 0 Å². The monoisotopic (exact) mass is 327 g/mol. The molecule has 0 atom stereocenters. The molecule has 1 amide bonds. The minimum Gasteiger partial charge on any atom is -0.268 e. The van der Waals surface area contributed by atoms with Gasteiger partial charge in [-0.3, -0.25) is 4.79 Å². The lowest BCUT2D eigenvalue weighted by Gasteiger charge is -2.09. The van der Waals surface area contributed by atoms with Crippen molar-refractivity contribution in [3.05, 3.63) is 64.4 Å². The summed E-state index contributed by atoms with van der Waals surface area (Å²) in [6.07, 6.45) is 0. The molecule has 0 bridgehead atoms. The number of carbonyl (C=O) groups excluding carboxylic acids is 1. The number of halogens is 2. The zero-order valence-electron chi connectivity index (χ0n) is 10.9. The van der Waals surface area contributed by atoms with Crippen molar-refractivity contribution in [2.24, 2.45) is 0 Å². The Kier molecular flexibility index (Phi) is 4.29. The lowest BCUT2D eigenvalue weighted by molar-refractivity contribution is 0.0981. The summed E-state index contributed by atoms with van der Waals surface area (Å²) in [5.74, 6) is -1.33. The first-order valence-electron chi connectivity index (χ1n) is 5.88. The van der Waals surface area contributed by atoms with Crippen LogP contribution in [0.5, 0.6) is 0 Å². The Morgan fingerprint density at radius 3 is 2.33 bits per heavy atom. The number of nitrogens with one attached hydrogen (secondary N) is 1. The van der Waals surface area contributed by atoms with Gasteiger partial charge in [0.25, 0.3) is 15.9 Å². The predicted octanol–water partition coefficient (Wildman–Crippen LogP) is 2.91. The molecule has 0 radical (unpaired) electrons. The van der Waals surface area contributed by atoms with Crippen molar-refractivity contribution < 1.29 is 17.6 Å². The van der Waals surface area contributed by atoms with Crippen LogP contribution in [0.15, 0.2) is 47.4 Å². The summed E-state index contributed by atoms with van der Waals surface area (Å²) in [4.78, 5) is 11.8. The maximum Gasteiger partial charge on any atom is 0.265 e. The summed E-state index contributed by atoms with van der Waals surface area (Å²) in [7, 11) is -4.05. The molecule has 0 spiro atoms. The fourth-order valence-corrected chi connectivity index (χ4v) is 2.92. The highest BCUT2D eigenvalue weighted by Gasteiger charge is 2.19. The van der Waals surface area contributed by atoms with Gasteiger partial charge in [-0.1, -0.05) is 11.6 Å². The Hall–Kier alpha value is -1.92. The summed E-state index contributed by atoms with van der Waals surface area (Å²) < 4.78 is 38.8. The zero-order chi connectivity index (χ0) is 15.6. The van der Waals surface area contributed by atoms with E-state index in [0.717, 1.165) is 24.3 Å². The van der Waals surface area contributed by atoms with Crippen molar-refractivity contribution in [2.75, 3.05) is 0 Å². The van der Waals surface area contributed by atoms with Crippen molar-refractivity contribution in [3.63, 3.8) is 0 Å². The third-order valence-corrected chi connectivity index (χ3v) is 4.37. The largest absolute Gasteiger partial charge is 0.268 e. The highest BCUT2D eigenvalue weighted by Crippen LogP contribution is 2.16. The molecule has 0 aliphatic rings. The molecule has 0 saturated heterocycles. The molecule has 0 aromatic heterocycles. The molecule has 2 aromatic rings. The third kappa shape index (κ3) is 3.59. The summed E-state index contributed by atoms with van der Waals surface area (Å²) in [5, 5.41) is 0.449. The highest BCUT2D eigenvalue weighted by atomic mass is 35.5. The zero-order valence-corrected chi connectivity index (χ0v) is 12.5. The molecular formula is C14H11ClFNO3S. The van der Waals surface area contributed by atoms with Crippen LogP contribution < -0.4 is 4.72 Å². The molecule has 2 rings (SSSR count). The van der Waals surface area contributed by atoms with Gasteiger partial charge in [0.1, 0.15) is 5.82 Å². The Balaban J connectivity index is 2.28. The van der Waals surface area contributed by atoms with Crippen LogP contribution in [0.2, 0.25) is 5.02 Å². The summed E-state index contributed by atoms with van der Waals surface area (Å²) in [5.41, 5.74) is 0.749. The van der Waals surface area contributed by atoms with Gasteiger partial charge >= 0.3 is 0 Å². The first-order valence-corrected chi connectivity index (χ1v) is 7.74. The lowest BCUT2D eigenvalue weighted by Crippen LogP contribution is -2.31. The Morgan fingerprint density at radius 2 is 1.76 bits per heavy atom. The Morgan fingerprint density at radius 1 is 1.14 bits per heavy atom. The van der Waals surface area contributed by atoms with E-state index >= 15 is 0 Å².